The van der Waals surface area contributed by atoms with Crippen molar-refractivity contribution in [1.82, 2.24) is 29.5 Å². The zero-order valence-corrected chi connectivity index (χ0v) is 16.7. The van der Waals surface area contributed by atoms with E-state index in [-0.39, 0.29) is 11.8 Å². The second kappa shape index (κ2) is 7.42. The van der Waals surface area contributed by atoms with Crippen LogP contribution in [0.3, 0.4) is 0 Å². The molecule has 150 valence electrons. The third kappa shape index (κ3) is 3.54. The molecule has 2 aliphatic heterocycles. The average Bonchev–Trinajstić information content (AvgIpc) is 3.43. The topological polar surface area (TPSA) is 79.5 Å². The van der Waals surface area contributed by atoms with Gasteiger partial charge in [-0.25, -0.2) is 14.5 Å². The normalized spacial score (nSPS) is 19.8. The van der Waals surface area contributed by atoms with Crippen LogP contribution in [0.25, 0.3) is 5.65 Å². The van der Waals surface area contributed by atoms with Crippen LogP contribution in [-0.4, -0.2) is 61.6 Å². The third-order valence-electron chi connectivity index (χ3n) is 5.88. The summed E-state index contributed by atoms with van der Waals surface area (Å²) in [4.78, 5) is 30.3. The predicted molar refractivity (Wildman–Crippen MR) is 109 cm³/mol. The zero-order chi connectivity index (χ0) is 19.8. The highest BCUT2D eigenvalue weighted by atomic mass is 16.2. The van der Waals surface area contributed by atoms with Gasteiger partial charge in [0.05, 0.1) is 23.8 Å². The molecule has 0 N–H and O–H groups in total. The first kappa shape index (κ1) is 18.0. The Kier molecular flexibility index (Phi) is 4.61. The summed E-state index contributed by atoms with van der Waals surface area (Å²) in [7, 11) is 0. The van der Waals surface area contributed by atoms with Gasteiger partial charge in [0.25, 0.3) is 5.91 Å². The number of piperidine rings is 1. The number of carbonyl (C=O) groups excluding carboxylic acids is 1. The Bertz CT molecular complexity index is 1020. The fraction of sp³-hybridized carbons (Fsp3) is 0.476. The minimum Gasteiger partial charge on any atom is -0.370 e. The molecule has 0 aliphatic carbocycles. The number of hydrogen-bond donors (Lipinski definition) is 0. The summed E-state index contributed by atoms with van der Waals surface area (Å²) in [6, 6.07) is 4.17. The van der Waals surface area contributed by atoms with E-state index in [9.17, 15) is 4.79 Å². The number of rotatable bonds is 3. The maximum atomic E-state index is 12.8. The SMILES string of the molecule is Cc1cnc(C(=O)N2CCCC(c3nc4ccc(N5CCCC5)cn4n3)C2)cn1. The van der Waals surface area contributed by atoms with E-state index in [0.717, 1.165) is 49.6 Å². The fourth-order valence-corrected chi connectivity index (χ4v) is 4.26. The minimum atomic E-state index is -0.0673. The van der Waals surface area contributed by atoms with Gasteiger partial charge in [0, 0.05) is 38.3 Å². The lowest BCUT2D eigenvalue weighted by molar-refractivity contribution is 0.0698. The van der Waals surface area contributed by atoms with Crippen molar-refractivity contribution in [2.75, 3.05) is 31.1 Å². The number of carbonyl (C=O) groups is 1. The summed E-state index contributed by atoms with van der Waals surface area (Å²) in [5.41, 5.74) is 3.26. The molecule has 1 unspecified atom stereocenters. The number of amides is 1. The molecule has 5 rings (SSSR count). The molecule has 8 heteroatoms. The van der Waals surface area contributed by atoms with Gasteiger partial charge in [-0.05, 0) is 44.7 Å². The van der Waals surface area contributed by atoms with Gasteiger partial charge in [0.15, 0.2) is 11.5 Å². The Balaban J connectivity index is 1.35. The molecule has 3 aromatic heterocycles. The second-order valence-electron chi connectivity index (χ2n) is 7.99. The highest BCUT2D eigenvalue weighted by Gasteiger charge is 2.29. The summed E-state index contributed by atoms with van der Waals surface area (Å²) >= 11 is 0. The maximum absolute atomic E-state index is 12.8. The maximum Gasteiger partial charge on any atom is 0.274 e. The van der Waals surface area contributed by atoms with Gasteiger partial charge in [0.1, 0.15) is 5.69 Å². The molecule has 0 aromatic carbocycles. The van der Waals surface area contributed by atoms with Crippen LogP contribution in [0.4, 0.5) is 5.69 Å². The number of aryl methyl sites for hydroxylation is 1. The van der Waals surface area contributed by atoms with Crippen LogP contribution < -0.4 is 4.90 Å². The Morgan fingerprint density at radius 2 is 1.93 bits per heavy atom. The van der Waals surface area contributed by atoms with Crippen molar-refractivity contribution < 1.29 is 4.79 Å². The lowest BCUT2D eigenvalue weighted by Crippen LogP contribution is -2.39. The molecule has 2 saturated heterocycles. The molecule has 2 fully saturated rings. The Labute approximate surface area is 169 Å². The van der Waals surface area contributed by atoms with Crippen LogP contribution in [-0.2, 0) is 0 Å². The van der Waals surface area contributed by atoms with Crippen molar-refractivity contribution >= 4 is 17.2 Å². The third-order valence-corrected chi connectivity index (χ3v) is 5.88. The van der Waals surface area contributed by atoms with Crippen LogP contribution in [0.1, 0.15) is 53.6 Å². The highest BCUT2D eigenvalue weighted by molar-refractivity contribution is 5.92. The monoisotopic (exact) mass is 391 g/mol. The van der Waals surface area contributed by atoms with Gasteiger partial charge < -0.3 is 9.80 Å². The Morgan fingerprint density at radius 1 is 1.07 bits per heavy atom. The number of nitrogens with zero attached hydrogens (tertiary/aromatic N) is 7. The van der Waals surface area contributed by atoms with Crippen LogP contribution in [0, 0.1) is 6.92 Å². The van der Waals surface area contributed by atoms with E-state index in [1.807, 2.05) is 22.4 Å². The van der Waals surface area contributed by atoms with E-state index < -0.39 is 0 Å². The zero-order valence-electron chi connectivity index (χ0n) is 16.7. The fourth-order valence-electron chi connectivity index (χ4n) is 4.26. The standard InChI is InChI=1S/C21H25N7O/c1-15-11-23-18(12-22-15)21(29)27-10-4-5-16(13-27)20-24-19-7-6-17(14-28(19)25-20)26-8-2-3-9-26/h6-7,11-12,14,16H,2-5,8-10,13H2,1H3. The first-order valence-corrected chi connectivity index (χ1v) is 10.4. The van der Waals surface area contributed by atoms with Crippen molar-refractivity contribution in [3.8, 4) is 0 Å². The average molecular weight is 391 g/mol. The molecule has 5 heterocycles. The van der Waals surface area contributed by atoms with Gasteiger partial charge in [-0.2, -0.15) is 5.10 Å². The summed E-state index contributed by atoms with van der Waals surface area (Å²) < 4.78 is 1.88. The molecule has 29 heavy (non-hydrogen) atoms. The van der Waals surface area contributed by atoms with E-state index in [1.54, 1.807) is 12.4 Å². The molecule has 0 radical (unpaired) electrons. The highest BCUT2D eigenvalue weighted by Crippen LogP contribution is 2.27. The summed E-state index contributed by atoms with van der Waals surface area (Å²) in [5, 5.41) is 4.76. The lowest BCUT2D eigenvalue weighted by atomic mass is 9.97. The molecular formula is C21H25N7O. The molecule has 0 spiro atoms. The predicted octanol–water partition coefficient (Wildman–Crippen LogP) is 2.45. The lowest BCUT2D eigenvalue weighted by Gasteiger charge is -2.31. The number of likely N-dealkylation sites (tertiary alicyclic amines) is 1. The quantitative estimate of drug-likeness (QED) is 0.682. The second-order valence-corrected chi connectivity index (χ2v) is 7.99. The Hall–Kier alpha value is -3.03. The van der Waals surface area contributed by atoms with Crippen molar-refractivity contribution in [1.29, 1.82) is 0 Å². The van der Waals surface area contributed by atoms with Crippen molar-refractivity contribution in [3.05, 3.63) is 47.9 Å². The largest absolute Gasteiger partial charge is 0.370 e. The molecule has 0 saturated carbocycles. The van der Waals surface area contributed by atoms with E-state index in [4.69, 9.17) is 10.1 Å². The van der Waals surface area contributed by atoms with Crippen LogP contribution in [0.5, 0.6) is 0 Å². The molecule has 3 aromatic rings. The van der Waals surface area contributed by atoms with Gasteiger partial charge in [-0.15, -0.1) is 0 Å². The molecule has 2 aliphatic rings. The molecular weight excluding hydrogens is 366 g/mol. The van der Waals surface area contributed by atoms with E-state index >= 15 is 0 Å². The van der Waals surface area contributed by atoms with Gasteiger partial charge in [-0.1, -0.05) is 0 Å². The van der Waals surface area contributed by atoms with Crippen molar-refractivity contribution in [2.45, 2.75) is 38.5 Å². The smallest absolute Gasteiger partial charge is 0.274 e. The van der Waals surface area contributed by atoms with Crippen LogP contribution in [0.2, 0.25) is 0 Å². The van der Waals surface area contributed by atoms with E-state index in [0.29, 0.717) is 12.2 Å². The number of pyridine rings is 1. The molecule has 8 nitrogen and oxygen atoms in total. The number of anilines is 1. The van der Waals surface area contributed by atoms with Crippen LogP contribution >= 0.6 is 0 Å². The van der Waals surface area contributed by atoms with Gasteiger partial charge >= 0.3 is 0 Å². The summed E-state index contributed by atoms with van der Waals surface area (Å²) in [6.07, 6.45) is 9.69. The summed E-state index contributed by atoms with van der Waals surface area (Å²) in [5.74, 6) is 0.889. The van der Waals surface area contributed by atoms with E-state index in [1.165, 1.54) is 18.5 Å². The first-order chi connectivity index (χ1) is 14.2. The molecule has 0 bridgehead atoms. The summed E-state index contributed by atoms with van der Waals surface area (Å²) in [6.45, 7) is 5.42. The Morgan fingerprint density at radius 3 is 2.72 bits per heavy atom. The first-order valence-electron chi connectivity index (χ1n) is 10.4. The minimum absolute atomic E-state index is 0.0673. The van der Waals surface area contributed by atoms with Gasteiger partial charge in [0.2, 0.25) is 0 Å². The molecule has 1 amide bonds. The van der Waals surface area contributed by atoms with E-state index in [2.05, 4.69) is 27.1 Å². The van der Waals surface area contributed by atoms with Crippen molar-refractivity contribution in [3.63, 3.8) is 0 Å². The van der Waals surface area contributed by atoms with Gasteiger partial charge in [-0.3, -0.25) is 9.78 Å². The number of aromatic nitrogens is 5. The molecule has 1 atom stereocenters. The number of fused-ring (bicyclic) bond motifs is 1. The van der Waals surface area contributed by atoms with Crippen LogP contribution in [0.15, 0.2) is 30.7 Å². The van der Waals surface area contributed by atoms with Crippen molar-refractivity contribution in [2.24, 2.45) is 0 Å². The number of hydrogen-bond acceptors (Lipinski definition) is 6.